The lowest BCUT2D eigenvalue weighted by Gasteiger charge is -2.50. The number of β-lactam (4-membered cyclic amide) rings is 1. The maximum Gasteiger partial charge on any atom is 0.225 e. The van der Waals surface area contributed by atoms with E-state index in [9.17, 15) is 4.79 Å². The number of amides is 1. The van der Waals surface area contributed by atoms with Crippen LogP contribution < -0.4 is 0 Å². The van der Waals surface area contributed by atoms with Gasteiger partial charge in [-0.05, 0) is 29.9 Å². The summed E-state index contributed by atoms with van der Waals surface area (Å²) in [4.78, 5) is 14.8. The van der Waals surface area contributed by atoms with E-state index < -0.39 is 0 Å². The maximum atomic E-state index is 12.6. The molecule has 2 heteroatoms. The summed E-state index contributed by atoms with van der Waals surface area (Å²) in [5.74, 6) is 0.995. The predicted octanol–water partition coefficient (Wildman–Crippen LogP) is 4.96. The summed E-state index contributed by atoms with van der Waals surface area (Å²) in [6.07, 6.45) is 7.31. The number of likely N-dealkylation sites (tertiary alicyclic amines) is 1. The summed E-state index contributed by atoms with van der Waals surface area (Å²) < 4.78 is 0. The van der Waals surface area contributed by atoms with Crippen LogP contribution in [0.1, 0.15) is 55.7 Å². The highest BCUT2D eigenvalue weighted by Crippen LogP contribution is 2.42. The lowest BCUT2D eigenvalue weighted by molar-refractivity contribution is -0.153. The molecule has 0 spiro atoms. The second-order valence-electron chi connectivity index (χ2n) is 7.19. The van der Waals surface area contributed by atoms with Gasteiger partial charge < -0.3 is 4.90 Å². The van der Waals surface area contributed by atoms with E-state index >= 15 is 0 Å². The molecule has 0 radical (unpaired) electrons. The average Bonchev–Trinajstić information content (AvgIpc) is 2.66. The maximum absolute atomic E-state index is 12.6. The van der Waals surface area contributed by atoms with Crippen LogP contribution in [0, 0.1) is 5.92 Å². The minimum absolute atomic E-state index is 0.0561. The predicted molar refractivity (Wildman–Crippen MR) is 96.6 cm³/mol. The van der Waals surface area contributed by atoms with E-state index in [2.05, 4.69) is 53.4 Å². The fourth-order valence-electron chi connectivity index (χ4n) is 4.49. The van der Waals surface area contributed by atoms with Crippen LogP contribution in [0.3, 0.4) is 0 Å². The zero-order valence-corrected chi connectivity index (χ0v) is 14.1. The molecule has 2 fully saturated rings. The van der Waals surface area contributed by atoms with E-state index in [0.29, 0.717) is 17.9 Å². The molecule has 1 saturated carbocycles. The summed E-state index contributed by atoms with van der Waals surface area (Å²) in [5.41, 5.74) is 2.44. The van der Waals surface area contributed by atoms with E-state index in [0.717, 1.165) is 6.42 Å². The van der Waals surface area contributed by atoms with Crippen LogP contribution in [0.5, 0.6) is 0 Å². The minimum Gasteiger partial charge on any atom is -0.328 e. The average molecular weight is 319 g/mol. The molecule has 0 unspecified atom stereocenters. The highest BCUT2D eigenvalue weighted by atomic mass is 16.2. The number of rotatable bonds is 4. The van der Waals surface area contributed by atoms with Crippen molar-refractivity contribution in [2.24, 2.45) is 5.92 Å². The van der Waals surface area contributed by atoms with Gasteiger partial charge in [-0.1, -0.05) is 79.9 Å². The molecule has 2 aliphatic rings. The van der Waals surface area contributed by atoms with Gasteiger partial charge in [0.1, 0.15) is 0 Å². The molecule has 2 nitrogen and oxygen atoms in total. The third-order valence-corrected chi connectivity index (χ3v) is 5.73. The molecule has 0 aromatic heterocycles. The van der Waals surface area contributed by atoms with Crippen LogP contribution in [0.4, 0.5) is 0 Å². The molecule has 1 aliphatic heterocycles. The van der Waals surface area contributed by atoms with Crippen molar-refractivity contribution in [3.63, 3.8) is 0 Å². The second kappa shape index (κ2) is 6.80. The molecule has 1 heterocycles. The molecule has 124 valence electrons. The first-order valence-electron chi connectivity index (χ1n) is 9.25. The van der Waals surface area contributed by atoms with E-state index in [1.54, 1.807) is 0 Å². The van der Waals surface area contributed by atoms with Crippen LogP contribution in [0.2, 0.25) is 0 Å². The Morgan fingerprint density at radius 2 is 1.33 bits per heavy atom. The molecule has 4 rings (SSSR count). The Labute approximate surface area is 144 Å². The van der Waals surface area contributed by atoms with Crippen molar-refractivity contribution in [1.82, 2.24) is 4.90 Å². The van der Waals surface area contributed by atoms with Crippen LogP contribution in [0.15, 0.2) is 60.7 Å². The van der Waals surface area contributed by atoms with Crippen molar-refractivity contribution < 1.29 is 4.79 Å². The highest BCUT2D eigenvalue weighted by Gasteiger charge is 2.45. The Morgan fingerprint density at radius 1 is 0.792 bits per heavy atom. The lowest BCUT2D eigenvalue weighted by atomic mass is 9.76. The van der Waals surface area contributed by atoms with Crippen molar-refractivity contribution in [3.05, 3.63) is 71.8 Å². The second-order valence-corrected chi connectivity index (χ2v) is 7.19. The van der Waals surface area contributed by atoms with Gasteiger partial charge in [-0.2, -0.15) is 0 Å². The van der Waals surface area contributed by atoms with Crippen molar-refractivity contribution in [2.45, 2.75) is 50.6 Å². The van der Waals surface area contributed by atoms with Gasteiger partial charge in [0.25, 0.3) is 0 Å². The van der Waals surface area contributed by atoms with Gasteiger partial charge in [0.2, 0.25) is 5.91 Å². The summed E-state index contributed by atoms with van der Waals surface area (Å²) in [6.45, 7) is 0. The van der Waals surface area contributed by atoms with E-state index in [4.69, 9.17) is 0 Å². The van der Waals surface area contributed by atoms with Gasteiger partial charge >= 0.3 is 0 Å². The zero-order valence-electron chi connectivity index (χ0n) is 14.1. The van der Waals surface area contributed by atoms with Gasteiger partial charge in [0, 0.05) is 12.5 Å². The third kappa shape index (κ3) is 2.86. The molecule has 24 heavy (non-hydrogen) atoms. The Kier molecular flexibility index (Phi) is 4.38. The van der Waals surface area contributed by atoms with Crippen LogP contribution in [0.25, 0.3) is 0 Å². The largest absolute Gasteiger partial charge is 0.328 e. The molecule has 0 N–H and O–H groups in total. The quantitative estimate of drug-likeness (QED) is 0.730. The Hall–Kier alpha value is -2.09. The lowest BCUT2D eigenvalue weighted by Crippen LogP contribution is -2.57. The fraction of sp³-hybridized carbons (Fsp3) is 0.409. The van der Waals surface area contributed by atoms with Crippen LogP contribution in [-0.4, -0.2) is 16.8 Å². The SMILES string of the molecule is O=C1C[C@@H](C2CCCCC2)N1C(c1ccccc1)c1ccccc1. The first-order valence-corrected chi connectivity index (χ1v) is 9.25. The number of hydrogen-bond acceptors (Lipinski definition) is 1. The summed E-state index contributed by atoms with van der Waals surface area (Å²) in [6, 6.07) is 21.5. The Bertz CT molecular complexity index is 636. The number of carbonyl (C=O) groups is 1. The summed E-state index contributed by atoms with van der Waals surface area (Å²) in [5, 5.41) is 0. The van der Waals surface area contributed by atoms with Crippen LogP contribution in [-0.2, 0) is 4.79 Å². The molecular weight excluding hydrogens is 294 g/mol. The van der Waals surface area contributed by atoms with E-state index in [-0.39, 0.29) is 6.04 Å². The van der Waals surface area contributed by atoms with Gasteiger partial charge in [-0.15, -0.1) is 0 Å². The molecule has 1 saturated heterocycles. The molecular formula is C22H25NO. The molecule has 2 aromatic rings. The molecule has 1 amide bonds. The van der Waals surface area contributed by atoms with Crippen molar-refractivity contribution in [1.29, 1.82) is 0 Å². The number of hydrogen-bond donors (Lipinski definition) is 0. The first kappa shape index (κ1) is 15.4. The molecule has 2 aromatic carbocycles. The number of carbonyl (C=O) groups excluding carboxylic acids is 1. The zero-order chi connectivity index (χ0) is 16.4. The fourth-order valence-corrected chi connectivity index (χ4v) is 4.49. The highest BCUT2D eigenvalue weighted by molar-refractivity contribution is 5.84. The van der Waals surface area contributed by atoms with Gasteiger partial charge in [0.15, 0.2) is 0 Å². The summed E-state index contributed by atoms with van der Waals surface area (Å²) in [7, 11) is 0. The van der Waals surface area contributed by atoms with Gasteiger partial charge in [0.05, 0.1) is 6.04 Å². The molecule has 0 bridgehead atoms. The Morgan fingerprint density at radius 3 is 1.83 bits per heavy atom. The number of benzene rings is 2. The monoisotopic (exact) mass is 319 g/mol. The standard InChI is InChI=1S/C22H25NO/c24-21-16-20(17-10-4-1-5-11-17)23(21)22(18-12-6-2-7-13-18)19-14-8-3-9-15-19/h2-3,6-9,12-15,17,20,22H,1,4-5,10-11,16H2/t20-/m0/s1. The number of nitrogens with zero attached hydrogens (tertiary/aromatic N) is 1. The van der Waals surface area contributed by atoms with Crippen LogP contribution >= 0.6 is 0 Å². The van der Waals surface area contributed by atoms with Crippen molar-refractivity contribution >= 4 is 5.91 Å². The van der Waals surface area contributed by atoms with Crippen molar-refractivity contribution in [2.75, 3.05) is 0 Å². The van der Waals surface area contributed by atoms with E-state index in [1.807, 2.05) is 12.1 Å². The van der Waals surface area contributed by atoms with Gasteiger partial charge in [-0.3, -0.25) is 4.79 Å². The smallest absolute Gasteiger partial charge is 0.225 e. The minimum atomic E-state index is 0.0561. The van der Waals surface area contributed by atoms with E-state index in [1.165, 1.54) is 43.2 Å². The van der Waals surface area contributed by atoms with Gasteiger partial charge in [-0.25, -0.2) is 0 Å². The Balaban J connectivity index is 1.68. The van der Waals surface area contributed by atoms with Crippen molar-refractivity contribution in [3.8, 4) is 0 Å². The first-order chi connectivity index (χ1) is 11.8. The third-order valence-electron chi connectivity index (χ3n) is 5.73. The molecule has 1 atom stereocenters. The summed E-state index contributed by atoms with van der Waals surface area (Å²) >= 11 is 0. The molecule has 1 aliphatic carbocycles. The normalized spacial score (nSPS) is 21.8. The topological polar surface area (TPSA) is 20.3 Å².